The number of nitrogens with zero attached hydrogens (tertiary/aromatic N) is 4. The maximum Gasteiger partial charge on any atom is 0.318 e. The molecule has 2 aromatic heterocycles. The number of ether oxygens (including phenoxy) is 1. The van der Waals surface area contributed by atoms with E-state index in [1.807, 2.05) is 36.4 Å². The van der Waals surface area contributed by atoms with Crippen LogP contribution in [0.3, 0.4) is 0 Å². The van der Waals surface area contributed by atoms with Gasteiger partial charge >= 0.3 is 6.01 Å². The van der Waals surface area contributed by atoms with Crippen LogP contribution >= 0.6 is 0 Å². The molecule has 4 aromatic rings. The first-order valence-corrected chi connectivity index (χ1v) is 11.0. The van der Waals surface area contributed by atoms with Crippen LogP contribution in [0.2, 0.25) is 0 Å². The fourth-order valence-corrected chi connectivity index (χ4v) is 4.57. The fourth-order valence-electron chi connectivity index (χ4n) is 4.57. The monoisotopic (exact) mass is 441 g/mol. The number of hydrogen-bond donors (Lipinski definition) is 1. The number of hydrogen-bond acceptors (Lipinski definition) is 6. The molecule has 7 heteroatoms. The van der Waals surface area contributed by atoms with Crippen molar-refractivity contribution in [3.63, 3.8) is 0 Å². The molecule has 1 atom stereocenters. The van der Waals surface area contributed by atoms with Crippen LogP contribution in [0, 0.1) is 18.2 Å². The molecule has 166 valence electrons. The van der Waals surface area contributed by atoms with E-state index in [2.05, 4.69) is 25.8 Å². The molecule has 0 saturated carbocycles. The van der Waals surface area contributed by atoms with Crippen molar-refractivity contribution in [2.75, 3.05) is 25.1 Å². The minimum Gasteiger partial charge on any atom is -0.467 e. The highest BCUT2D eigenvalue weighted by atomic mass is 19.1. The van der Waals surface area contributed by atoms with Crippen LogP contribution in [-0.4, -0.2) is 41.2 Å². The van der Waals surface area contributed by atoms with Gasteiger partial charge in [0.25, 0.3) is 0 Å². The van der Waals surface area contributed by atoms with Crippen molar-refractivity contribution in [1.29, 1.82) is 0 Å². The van der Waals surface area contributed by atoms with E-state index < -0.39 is 5.82 Å². The molecule has 0 radical (unpaired) electrons. The Kier molecular flexibility index (Phi) is 5.53. The summed E-state index contributed by atoms with van der Waals surface area (Å²) in [5, 5.41) is 2.24. The molecule has 2 N–H and O–H groups in total. The molecule has 1 fully saturated rings. The van der Waals surface area contributed by atoms with Gasteiger partial charge in [0.1, 0.15) is 17.0 Å². The van der Waals surface area contributed by atoms with Gasteiger partial charge in [-0.3, -0.25) is 4.98 Å². The number of nitrogens with two attached hydrogens (primary N) is 1. The number of terminal acetylenes is 1. The molecule has 0 spiro atoms. The number of aromatic nitrogens is 3. The van der Waals surface area contributed by atoms with E-state index in [1.165, 1.54) is 7.11 Å². The van der Waals surface area contributed by atoms with Crippen molar-refractivity contribution >= 4 is 27.5 Å². The third-order valence-corrected chi connectivity index (χ3v) is 6.15. The Balaban J connectivity index is 1.74. The van der Waals surface area contributed by atoms with Gasteiger partial charge in [-0.1, -0.05) is 42.7 Å². The number of fused-ring (bicyclic) bond motifs is 2. The second-order valence-electron chi connectivity index (χ2n) is 8.27. The Morgan fingerprint density at radius 2 is 2.00 bits per heavy atom. The topological polar surface area (TPSA) is 77.2 Å². The molecule has 6 nitrogen and oxygen atoms in total. The van der Waals surface area contributed by atoms with Crippen molar-refractivity contribution in [3.05, 3.63) is 54.0 Å². The summed E-state index contributed by atoms with van der Waals surface area (Å²) in [6.45, 7) is 1.41. The van der Waals surface area contributed by atoms with Crippen LogP contribution in [0.25, 0.3) is 32.9 Å². The summed E-state index contributed by atoms with van der Waals surface area (Å²) in [5.41, 5.74) is 7.92. The van der Waals surface area contributed by atoms with Gasteiger partial charge in [0.15, 0.2) is 5.82 Å². The molecule has 2 aromatic carbocycles. The van der Waals surface area contributed by atoms with Crippen LogP contribution in [0.15, 0.2) is 42.6 Å². The fraction of sp³-hybridized carbons (Fsp3) is 0.269. The van der Waals surface area contributed by atoms with Gasteiger partial charge in [-0.2, -0.15) is 9.97 Å². The van der Waals surface area contributed by atoms with Gasteiger partial charge in [-0.25, -0.2) is 4.39 Å². The number of anilines is 1. The molecule has 1 unspecified atom stereocenters. The first kappa shape index (κ1) is 21.1. The molecular weight excluding hydrogens is 417 g/mol. The molecular formula is C26H24FN5O. The minimum absolute atomic E-state index is 0.0263. The molecule has 0 amide bonds. The summed E-state index contributed by atoms with van der Waals surface area (Å²) in [4.78, 5) is 15.5. The third kappa shape index (κ3) is 3.73. The van der Waals surface area contributed by atoms with Crippen molar-refractivity contribution in [2.45, 2.75) is 25.3 Å². The quantitative estimate of drug-likeness (QED) is 0.478. The zero-order valence-electron chi connectivity index (χ0n) is 18.4. The number of benzene rings is 2. The Morgan fingerprint density at radius 1 is 1.18 bits per heavy atom. The summed E-state index contributed by atoms with van der Waals surface area (Å²) < 4.78 is 21.4. The summed E-state index contributed by atoms with van der Waals surface area (Å²) in [5.74, 6) is 2.76. The smallest absolute Gasteiger partial charge is 0.318 e. The van der Waals surface area contributed by atoms with E-state index in [0.29, 0.717) is 28.9 Å². The summed E-state index contributed by atoms with van der Waals surface area (Å²) >= 11 is 0. The lowest BCUT2D eigenvalue weighted by molar-refractivity contribution is 0.381. The second-order valence-corrected chi connectivity index (χ2v) is 8.27. The van der Waals surface area contributed by atoms with Crippen molar-refractivity contribution < 1.29 is 9.13 Å². The van der Waals surface area contributed by atoms with Crippen LogP contribution in [0.1, 0.15) is 24.8 Å². The van der Waals surface area contributed by atoms with Crippen molar-refractivity contribution in [1.82, 2.24) is 15.0 Å². The average molecular weight is 442 g/mol. The molecule has 1 aliphatic rings. The number of pyridine rings is 1. The largest absolute Gasteiger partial charge is 0.467 e. The van der Waals surface area contributed by atoms with E-state index in [0.717, 1.165) is 36.6 Å². The number of halogens is 1. The third-order valence-electron chi connectivity index (χ3n) is 6.15. The number of rotatable bonds is 3. The Labute approximate surface area is 191 Å². The summed E-state index contributed by atoms with van der Waals surface area (Å²) in [7, 11) is 1.48. The van der Waals surface area contributed by atoms with Gasteiger partial charge in [-0.15, -0.1) is 6.42 Å². The van der Waals surface area contributed by atoms with Crippen molar-refractivity contribution in [2.24, 2.45) is 5.73 Å². The van der Waals surface area contributed by atoms with E-state index >= 15 is 4.39 Å². The normalized spacial score (nSPS) is 16.5. The highest BCUT2D eigenvalue weighted by molar-refractivity contribution is 6.01. The van der Waals surface area contributed by atoms with E-state index in [9.17, 15) is 0 Å². The predicted molar refractivity (Wildman–Crippen MR) is 129 cm³/mol. The van der Waals surface area contributed by atoms with Gasteiger partial charge in [0.2, 0.25) is 0 Å². The first-order valence-electron chi connectivity index (χ1n) is 11.0. The van der Waals surface area contributed by atoms with E-state index in [1.54, 1.807) is 6.20 Å². The zero-order chi connectivity index (χ0) is 22.9. The molecule has 0 aliphatic carbocycles. The maximum absolute atomic E-state index is 16.0. The maximum atomic E-state index is 16.0. The summed E-state index contributed by atoms with van der Waals surface area (Å²) in [6.07, 6.45) is 10.4. The van der Waals surface area contributed by atoms with Crippen LogP contribution in [0.4, 0.5) is 10.2 Å². The molecule has 1 aliphatic heterocycles. The Hall–Kier alpha value is -3.76. The van der Waals surface area contributed by atoms with Crippen LogP contribution < -0.4 is 15.4 Å². The lowest BCUT2D eigenvalue weighted by Crippen LogP contribution is -2.36. The van der Waals surface area contributed by atoms with Gasteiger partial charge in [-0.05, 0) is 24.3 Å². The molecule has 0 bridgehead atoms. The van der Waals surface area contributed by atoms with Gasteiger partial charge < -0.3 is 15.4 Å². The number of methoxy groups -OCH3 is 1. The standard InChI is InChI=1S/C26H24FN5O/c1-3-16-8-6-9-17-10-7-12-19(21(16)17)23-22(27)24-20(14-29-23)25(31-26(30-24)33-2)32-13-5-4-11-18(28)15-32/h1,6-10,12,14,18H,4-5,11,13,15,28H2,2H3. The molecule has 3 heterocycles. The molecule has 5 rings (SSSR count). The lowest BCUT2D eigenvalue weighted by Gasteiger charge is -2.25. The van der Waals surface area contributed by atoms with Gasteiger partial charge in [0.05, 0.1) is 12.5 Å². The SMILES string of the molecule is C#Cc1cccc2cccc(-c3ncc4c(N5CCCCC(N)C5)nc(OC)nc4c3F)c12. The molecule has 33 heavy (non-hydrogen) atoms. The van der Waals surface area contributed by atoms with Crippen LogP contribution in [-0.2, 0) is 0 Å². The zero-order valence-corrected chi connectivity index (χ0v) is 18.4. The van der Waals surface area contributed by atoms with E-state index in [4.69, 9.17) is 16.9 Å². The van der Waals surface area contributed by atoms with E-state index in [-0.39, 0.29) is 23.3 Å². The highest BCUT2D eigenvalue weighted by Gasteiger charge is 2.24. The lowest BCUT2D eigenvalue weighted by atomic mass is 9.97. The first-order chi connectivity index (χ1) is 16.1. The van der Waals surface area contributed by atoms with Crippen LogP contribution in [0.5, 0.6) is 6.01 Å². The second kappa shape index (κ2) is 8.64. The highest BCUT2D eigenvalue weighted by Crippen LogP contribution is 2.36. The Morgan fingerprint density at radius 3 is 2.79 bits per heavy atom. The Bertz CT molecular complexity index is 1390. The molecule has 1 saturated heterocycles. The summed E-state index contributed by atoms with van der Waals surface area (Å²) in [6, 6.07) is 11.5. The predicted octanol–water partition coefficient (Wildman–Crippen LogP) is 4.29. The minimum atomic E-state index is -0.534. The average Bonchev–Trinajstić information content (AvgIpc) is 3.07. The van der Waals surface area contributed by atoms with Crippen molar-refractivity contribution in [3.8, 4) is 29.6 Å². The van der Waals surface area contributed by atoms with Gasteiger partial charge in [0, 0.05) is 41.8 Å².